The molecule has 0 aliphatic carbocycles. The lowest BCUT2D eigenvalue weighted by molar-refractivity contribution is -0.141. The molecule has 0 spiro atoms. The predicted molar refractivity (Wildman–Crippen MR) is 118 cm³/mol. The molecule has 6 heteroatoms. The molecule has 166 valence electrons. The van der Waals surface area contributed by atoms with E-state index in [1.54, 1.807) is 0 Å². The number of amides is 2. The van der Waals surface area contributed by atoms with Crippen molar-refractivity contribution in [3.8, 4) is 0 Å². The van der Waals surface area contributed by atoms with Gasteiger partial charge >= 0.3 is 0 Å². The van der Waals surface area contributed by atoms with Crippen molar-refractivity contribution in [2.24, 2.45) is 5.92 Å². The van der Waals surface area contributed by atoms with Crippen LogP contribution in [0.2, 0.25) is 0 Å². The summed E-state index contributed by atoms with van der Waals surface area (Å²) in [5.41, 5.74) is 0.895. The van der Waals surface area contributed by atoms with Crippen molar-refractivity contribution in [2.75, 3.05) is 0 Å². The van der Waals surface area contributed by atoms with E-state index < -0.39 is 23.8 Å². The van der Waals surface area contributed by atoms with Crippen LogP contribution in [0.15, 0.2) is 30.3 Å². The molecule has 0 bridgehead atoms. The molecule has 2 N–H and O–H groups in total. The summed E-state index contributed by atoms with van der Waals surface area (Å²) in [5, 5.41) is 5.33. The number of hydrogen-bond acceptors (Lipinski definition) is 4. The third-order valence-electron chi connectivity index (χ3n) is 5.20. The third-order valence-corrected chi connectivity index (χ3v) is 5.20. The molecule has 30 heavy (non-hydrogen) atoms. The van der Waals surface area contributed by atoms with E-state index in [4.69, 9.17) is 0 Å². The second-order valence-corrected chi connectivity index (χ2v) is 7.94. The summed E-state index contributed by atoms with van der Waals surface area (Å²) in [6.07, 6.45) is 4.93. The van der Waals surface area contributed by atoms with Crippen LogP contribution in [0.5, 0.6) is 0 Å². The molecule has 0 heterocycles. The Labute approximate surface area is 180 Å². The van der Waals surface area contributed by atoms with Crippen molar-refractivity contribution >= 4 is 23.4 Å². The second kappa shape index (κ2) is 13.7. The van der Waals surface area contributed by atoms with E-state index in [1.165, 1.54) is 6.92 Å². The summed E-state index contributed by atoms with van der Waals surface area (Å²) in [7, 11) is 0. The highest BCUT2D eigenvalue weighted by atomic mass is 16.2. The fourth-order valence-electron chi connectivity index (χ4n) is 3.28. The van der Waals surface area contributed by atoms with Crippen molar-refractivity contribution < 1.29 is 19.2 Å². The monoisotopic (exact) mass is 416 g/mol. The Bertz CT molecular complexity index is 702. The molecule has 0 fully saturated rings. The van der Waals surface area contributed by atoms with Crippen LogP contribution in [0, 0.1) is 5.92 Å². The van der Waals surface area contributed by atoms with Gasteiger partial charge in [0.2, 0.25) is 11.7 Å². The summed E-state index contributed by atoms with van der Waals surface area (Å²) in [4.78, 5) is 49.9. The van der Waals surface area contributed by atoms with E-state index in [2.05, 4.69) is 10.6 Å². The molecule has 3 atom stereocenters. The fourth-order valence-corrected chi connectivity index (χ4v) is 3.28. The first-order valence-electron chi connectivity index (χ1n) is 11.0. The van der Waals surface area contributed by atoms with Gasteiger partial charge in [0.1, 0.15) is 0 Å². The van der Waals surface area contributed by atoms with Crippen LogP contribution in [-0.2, 0) is 25.6 Å². The Morgan fingerprint density at radius 3 is 2.10 bits per heavy atom. The zero-order valence-electron chi connectivity index (χ0n) is 18.7. The molecular formula is C24H36N2O4. The summed E-state index contributed by atoms with van der Waals surface area (Å²) < 4.78 is 0. The highest BCUT2D eigenvalue weighted by molar-refractivity contribution is 6.38. The molecule has 0 saturated carbocycles. The van der Waals surface area contributed by atoms with Crippen LogP contribution in [0.3, 0.4) is 0 Å². The highest BCUT2D eigenvalue weighted by Gasteiger charge is 2.30. The number of nitrogens with one attached hydrogen (secondary N) is 2. The van der Waals surface area contributed by atoms with Crippen LogP contribution in [0.1, 0.15) is 71.8 Å². The summed E-state index contributed by atoms with van der Waals surface area (Å²) in [6.45, 7) is 7.26. The topological polar surface area (TPSA) is 92.3 Å². The second-order valence-electron chi connectivity index (χ2n) is 7.94. The van der Waals surface area contributed by atoms with E-state index in [0.29, 0.717) is 12.8 Å². The maximum atomic E-state index is 12.8. The van der Waals surface area contributed by atoms with E-state index in [-0.39, 0.29) is 17.6 Å². The summed E-state index contributed by atoms with van der Waals surface area (Å²) >= 11 is 0. The maximum Gasteiger partial charge on any atom is 0.290 e. The lowest BCUT2D eigenvalue weighted by Crippen LogP contribution is -2.52. The molecule has 0 aromatic heterocycles. The van der Waals surface area contributed by atoms with Gasteiger partial charge in [-0.3, -0.25) is 19.2 Å². The maximum absolute atomic E-state index is 12.8. The molecule has 3 unspecified atom stereocenters. The van der Waals surface area contributed by atoms with E-state index in [0.717, 1.165) is 37.7 Å². The molecule has 6 nitrogen and oxygen atoms in total. The minimum absolute atomic E-state index is 0.216. The van der Waals surface area contributed by atoms with Gasteiger partial charge < -0.3 is 10.6 Å². The minimum atomic E-state index is -0.868. The SMILES string of the molecule is CCCCCC(NC(=O)C(C)CCC)C(=O)C(=O)NC(Cc1ccccc1)C(C)=O. The van der Waals surface area contributed by atoms with Crippen molar-refractivity contribution in [3.05, 3.63) is 35.9 Å². The smallest absolute Gasteiger partial charge is 0.290 e. The first-order chi connectivity index (χ1) is 14.3. The van der Waals surface area contributed by atoms with Crippen molar-refractivity contribution in [1.82, 2.24) is 10.6 Å². The molecular weight excluding hydrogens is 380 g/mol. The van der Waals surface area contributed by atoms with Gasteiger partial charge in [0.05, 0.1) is 12.1 Å². The average molecular weight is 417 g/mol. The lowest BCUT2D eigenvalue weighted by atomic mass is 9.99. The Hall–Kier alpha value is -2.50. The number of Topliss-reactive ketones (excluding diaryl/α,β-unsaturated/α-hetero) is 2. The molecule has 1 aromatic rings. The molecule has 1 rings (SSSR count). The first kappa shape index (κ1) is 25.5. The molecule has 0 aliphatic heterocycles. The van der Waals surface area contributed by atoms with Crippen molar-refractivity contribution in [1.29, 1.82) is 0 Å². The van der Waals surface area contributed by atoms with Crippen molar-refractivity contribution in [2.45, 2.75) is 84.7 Å². The summed E-state index contributed by atoms with van der Waals surface area (Å²) in [5.74, 6) is -2.17. The first-order valence-corrected chi connectivity index (χ1v) is 11.0. The highest BCUT2D eigenvalue weighted by Crippen LogP contribution is 2.10. The predicted octanol–water partition coefficient (Wildman–Crippen LogP) is 3.37. The average Bonchev–Trinajstić information content (AvgIpc) is 2.72. The Morgan fingerprint density at radius 2 is 1.53 bits per heavy atom. The van der Waals surface area contributed by atoms with Crippen LogP contribution < -0.4 is 10.6 Å². The van der Waals surface area contributed by atoms with Gasteiger partial charge in [-0.2, -0.15) is 0 Å². The molecule has 0 saturated heterocycles. The zero-order valence-corrected chi connectivity index (χ0v) is 18.7. The number of carbonyl (C=O) groups excluding carboxylic acids is 4. The quantitative estimate of drug-likeness (QED) is 0.359. The van der Waals surface area contributed by atoms with Gasteiger partial charge in [-0.15, -0.1) is 0 Å². The van der Waals surface area contributed by atoms with Gasteiger partial charge in [-0.25, -0.2) is 0 Å². The van der Waals surface area contributed by atoms with E-state index >= 15 is 0 Å². The third kappa shape index (κ3) is 8.89. The Kier molecular flexibility index (Phi) is 11.6. The van der Waals surface area contributed by atoms with E-state index in [1.807, 2.05) is 51.1 Å². The lowest BCUT2D eigenvalue weighted by Gasteiger charge is -2.21. The van der Waals surface area contributed by atoms with Gasteiger partial charge in [-0.1, -0.05) is 76.8 Å². The number of hydrogen-bond donors (Lipinski definition) is 2. The van der Waals surface area contributed by atoms with Crippen molar-refractivity contribution in [3.63, 3.8) is 0 Å². The number of carbonyl (C=O) groups is 4. The number of rotatable bonds is 14. The standard InChI is InChI=1S/C24H36N2O4/c1-5-7-9-15-20(25-23(29)17(3)12-6-2)22(28)24(30)26-21(18(4)27)16-19-13-10-8-11-14-19/h8,10-11,13-14,17,20-21H,5-7,9,12,15-16H2,1-4H3,(H,25,29)(H,26,30). The van der Waals surface area contributed by atoms with Crippen LogP contribution >= 0.6 is 0 Å². The Balaban J connectivity index is 2.84. The van der Waals surface area contributed by atoms with Gasteiger partial charge in [-0.05, 0) is 31.7 Å². The number of unbranched alkanes of at least 4 members (excludes halogenated alkanes) is 2. The molecule has 2 amide bonds. The van der Waals surface area contributed by atoms with Gasteiger partial charge in [0.15, 0.2) is 5.78 Å². The normalized spacial score (nSPS) is 13.7. The Morgan fingerprint density at radius 1 is 0.867 bits per heavy atom. The summed E-state index contributed by atoms with van der Waals surface area (Å²) in [6, 6.07) is 7.67. The zero-order chi connectivity index (χ0) is 22.5. The molecule has 0 radical (unpaired) electrons. The van der Waals surface area contributed by atoms with Crippen LogP contribution in [0.4, 0.5) is 0 Å². The number of ketones is 2. The fraction of sp³-hybridized carbons (Fsp3) is 0.583. The van der Waals surface area contributed by atoms with Gasteiger partial charge in [0.25, 0.3) is 5.91 Å². The van der Waals surface area contributed by atoms with Gasteiger partial charge in [0, 0.05) is 5.92 Å². The van der Waals surface area contributed by atoms with E-state index in [9.17, 15) is 19.2 Å². The van der Waals surface area contributed by atoms with Crippen LogP contribution in [0.25, 0.3) is 0 Å². The minimum Gasteiger partial charge on any atom is -0.345 e. The molecule has 1 aromatic carbocycles. The molecule has 0 aliphatic rings. The largest absolute Gasteiger partial charge is 0.345 e. The number of benzene rings is 1. The van der Waals surface area contributed by atoms with Crippen LogP contribution in [-0.4, -0.2) is 35.5 Å².